The van der Waals surface area contributed by atoms with Gasteiger partial charge >= 0.3 is 11.1 Å². The number of carboxylic acid groups (broad SMARTS) is 1. The van der Waals surface area contributed by atoms with Crippen molar-refractivity contribution in [2.75, 3.05) is 19.6 Å². The normalized spacial score (nSPS) is 16.8. The Labute approximate surface area is 165 Å². The number of benzene rings is 1. The van der Waals surface area contributed by atoms with E-state index in [-0.39, 0.29) is 15.8 Å². The predicted octanol–water partition coefficient (Wildman–Crippen LogP) is 4.31. The molecule has 1 fully saturated rings. The van der Waals surface area contributed by atoms with Crippen molar-refractivity contribution in [1.82, 2.24) is 9.80 Å². The molecule has 0 radical (unpaired) electrons. The standard InChI is InChI=1S/C18H20ClN3O4S/c19-15-3-1-13(2-4-15)9-20(10-14-7-8-21(11-14)18(23)24)12-16-5-6-17(27-16)22(25)26/h1-6,14H,7-12H2,(H,23,24). The largest absolute Gasteiger partial charge is 0.465 e. The first-order valence-corrected chi connectivity index (χ1v) is 9.78. The summed E-state index contributed by atoms with van der Waals surface area (Å²) in [4.78, 5) is 26.3. The average molecular weight is 410 g/mol. The second-order valence-electron chi connectivity index (χ2n) is 6.68. The van der Waals surface area contributed by atoms with Crippen LogP contribution in [0.4, 0.5) is 9.80 Å². The van der Waals surface area contributed by atoms with Gasteiger partial charge < -0.3 is 10.0 Å². The number of nitrogens with zero attached hydrogens (tertiary/aromatic N) is 3. The number of hydrogen-bond donors (Lipinski definition) is 1. The van der Waals surface area contributed by atoms with Crippen LogP contribution in [0.25, 0.3) is 0 Å². The van der Waals surface area contributed by atoms with Crippen molar-refractivity contribution in [3.8, 4) is 0 Å². The molecule has 3 rings (SSSR count). The number of halogens is 1. The zero-order valence-electron chi connectivity index (χ0n) is 14.6. The van der Waals surface area contributed by atoms with Crippen LogP contribution in [0.1, 0.15) is 16.9 Å². The van der Waals surface area contributed by atoms with E-state index in [1.54, 1.807) is 6.07 Å². The molecule has 0 aliphatic carbocycles. The number of hydrogen-bond acceptors (Lipinski definition) is 5. The van der Waals surface area contributed by atoms with Crippen LogP contribution in [0.3, 0.4) is 0 Å². The van der Waals surface area contributed by atoms with Gasteiger partial charge in [-0.05, 0) is 36.1 Å². The van der Waals surface area contributed by atoms with Crippen LogP contribution in [0.15, 0.2) is 36.4 Å². The van der Waals surface area contributed by atoms with E-state index >= 15 is 0 Å². The van der Waals surface area contributed by atoms with E-state index in [4.69, 9.17) is 16.7 Å². The lowest BCUT2D eigenvalue weighted by molar-refractivity contribution is -0.380. The molecule has 0 saturated carbocycles. The fourth-order valence-electron chi connectivity index (χ4n) is 3.32. The van der Waals surface area contributed by atoms with Crippen molar-refractivity contribution in [3.63, 3.8) is 0 Å². The summed E-state index contributed by atoms with van der Waals surface area (Å²) < 4.78 is 0. The Morgan fingerprint density at radius 2 is 2.04 bits per heavy atom. The molecule has 1 unspecified atom stereocenters. The summed E-state index contributed by atoms with van der Waals surface area (Å²) >= 11 is 7.14. The highest BCUT2D eigenvalue weighted by Crippen LogP contribution is 2.27. The van der Waals surface area contributed by atoms with E-state index in [0.29, 0.717) is 31.2 Å². The third-order valence-electron chi connectivity index (χ3n) is 4.60. The van der Waals surface area contributed by atoms with E-state index in [9.17, 15) is 14.9 Å². The summed E-state index contributed by atoms with van der Waals surface area (Å²) in [5.74, 6) is 0.253. The molecule has 1 atom stereocenters. The van der Waals surface area contributed by atoms with Gasteiger partial charge in [0.05, 0.1) is 4.92 Å². The minimum absolute atomic E-state index is 0.134. The molecular formula is C18H20ClN3O4S. The van der Waals surface area contributed by atoms with Crippen molar-refractivity contribution in [3.05, 3.63) is 62.0 Å². The number of carbonyl (C=O) groups is 1. The fourth-order valence-corrected chi connectivity index (χ4v) is 4.31. The summed E-state index contributed by atoms with van der Waals surface area (Å²) in [7, 11) is 0. The number of likely N-dealkylation sites (tertiary alicyclic amines) is 1. The number of rotatable bonds is 7. The molecule has 9 heteroatoms. The van der Waals surface area contributed by atoms with E-state index in [1.807, 2.05) is 24.3 Å². The third-order valence-corrected chi connectivity index (χ3v) is 5.87. The number of nitro groups is 1. The van der Waals surface area contributed by atoms with Gasteiger partial charge in [-0.15, -0.1) is 0 Å². The van der Waals surface area contributed by atoms with Gasteiger partial charge in [-0.25, -0.2) is 4.79 Å². The van der Waals surface area contributed by atoms with Gasteiger partial charge in [0.25, 0.3) is 0 Å². The lowest BCUT2D eigenvalue weighted by Gasteiger charge is -2.25. The second kappa shape index (κ2) is 8.69. The van der Waals surface area contributed by atoms with Gasteiger partial charge in [-0.3, -0.25) is 15.0 Å². The van der Waals surface area contributed by atoms with Crippen LogP contribution in [0, 0.1) is 16.0 Å². The minimum atomic E-state index is -0.879. The summed E-state index contributed by atoms with van der Waals surface area (Å²) in [6.07, 6.45) is -0.0517. The topological polar surface area (TPSA) is 86.9 Å². The zero-order chi connectivity index (χ0) is 19.4. The SMILES string of the molecule is O=C(O)N1CCC(CN(Cc2ccc(Cl)cc2)Cc2ccc([N+](=O)[O-])s2)C1. The quantitative estimate of drug-likeness (QED) is 0.543. The second-order valence-corrected chi connectivity index (χ2v) is 8.26. The lowest BCUT2D eigenvalue weighted by atomic mass is 10.1. The molecule has 0 bridgehead atoms. The fraction of sp³-hybridized carbons (Fsp3) is 0.389. The first kappa shape index (κ1) is 19.6. The Bertz CT molecular complexity index is 811. The Morgan fingerprint density at radius 1 is 1.30 bits per heavy atom. The summed E-state index contributed by atoms with van der Waals surface area (Å²) in [5.41, 5.74) is 1.10. The van der Waals surface area contributed by atoms with Gasteiger partial charge in [0.1, 0.15) is 0 Å². The summed E-state index contributed by atoms with van der Waals surface area (Å²) in [6, 6.07) is 10.9. The van der Waals surface area contributed by atoms with E-state index in [1.165, 1.54) is 22.3 Å². The zero-order valence-corrected chi connectivity index (χ0v) is 16.2. The molecular weight excluding hydrogens is 390 g/mol. The maximum Gasteiger partial charge on any atom is 0.407 e. The molecule has 1 aliphatic rings. The molecule has 2 heterocycles. The highest BCUT2D eigenvalue weighted by atomic mass is 35.5. The molecule has 2 aromatic rings. The van der Waals surface area contributed by atoms with Crippen molar-refractivity contribution in [2.24, 2.45) is 5.92 Å². The average Bonchev–Trinajstić information content (AvgIpc) is 3.26. The molecule has 1 aromatic carbocycles. The molecule has 1 saturated heterocycles. The molecule has 7 nitrogen and oxygen atoms in total. The molecule has 1 aliphatic heterocycles. The van der Waals surface area contributed by atoms with Crippen LogP contribution in [-0.2, 0) is 13.1 Å². The molecule has 27 heavy (non-hydrogen) atoms. The molecule has 1 amide bonds. The Balaban J connectivity index is 1.70. The molecule has 0 spiro atoms. The molecule has 1 aromatic heterocycles. The number of thiophene rings is 1. The molecule has 144 valence electrons. The van der Waals surface area contributed by atoms with Crippen molar-refractivity contribution in [2.45, 2.75) is 19.5 Å². The van der Waals surface area contributed by atoms with Crippen molar-refractivity contribution < 1.29 is 14.8 Å². The maximum atomic E-state index is 11.2. The predicted molar refractivity (Wildman–Crippen MR) is 104 cm³/mol. The van der Waals surface area contributed by atoms with Crippen LogP contribution < -0.4 is 0 Å². The van der Waals surface area contributed by atoms with Crippen LogP contribution in [0.5, 0.6) is 0 Å². The Kier molecular flexibility index (Phi) is 6.30. The monoisotopic (exact) mass is 409 g/mol. The first-order chi connectivity index (χ1) is 12.9. The third kappa shape index (κ3) is 5.41. The smallest absolute Gasteiger partial charge is 0.407 e. The van der Waals surface area contributed by atoms with Gasteiger partial charge in [-0.1, -0.05) is 35.1 Å². The van der Waals surface area contributed by atoms with Gasteiger partial charge in [0, 0.05) is 48.7 Å². The highest BCUT2D eigenvalue weighted by molar-refractivity contribution is 7.15. The van der Waals surface area contributed by atoms with Gasteiger partial charge in [-0.2, -0.15) is 0 Å². The number of amides is 1. The van der Waals surface area contributed by atoms with Gasteiger partial charge in [0.15, 0.2) is 0 Å². The van der Waals surface area contributed by atoms with Crippen molar-refractivity contribution >= 4 is 34.0 Å². The van der Waals surface area contributed by atoms with Crippen LogP contribution in [-0.4, -0.2) is 45.6 Å². The maximum absolute atomic E-state index is 11.2. The Morgan fingerprint density at radius 3 is 2.63 bits per heavy atom. The lowest BCUT2D eigenvalue weighted by Crippen LogP contribution is -2.32. The summed E-state index contributed by atoms with van der Waals surface area (Å²) in [6.45, 7) is 3.07. The van der Waals surface area contributed by atoms with E-state index in [0.717, 1.165) is 23.4 Å². The van der Waals surface area contributed by atoms with E-state index in [2.05, 4.69) is 4.90 Å². The van der Waals surface area contributed by atoms with Crippen LogP contribution in [0.2, 0.25) is 5.02 Å². The highest BCUT2D eigenvalue weighted by Gasteiger charge is 2.27. The molecule has 1 N–H and O–H groups in total. The summed E-state index contributed by atoms with van der Waals surface area (Å²) in [5, 5.41) is 20.9. The minimum Gasteiger partial charge on any atom is -0.465 e. The Hall–Kier alpha value is -2.16. The van der Waals surface area contributed by atoms with Gasteiger partial charge in [0.2, 0.25) is 0 Å². The van der Waals surface area contributed by atoms with Crippen LogP contribution >= 0.6 is 22.9 Å². The van der Waals surface area contributed by atoms with E-state index < -0.39 is 6.09 Å². The van der Waals surface area contributed by atoms with Crippen molar-refractivity contribution in [1.29, 1.82) is 0 Å². The first-order valence-electron chi connectivity index (χ1n) is 8.58.